The molecule has 0 unspecified atom stereocenters. The number of urea groups is 1. The third kappa shape index (κ3) is 4.09. The number of non-ortho nitro benzene ring substituents is 1. The van der Waals surface area contributed by atoms with Crippen LogP contribution in [0.1, 0.15) is 11.3 Å². The third-order valence-corrected chi connectivity index (χ3v) is 5.04. The Bertz CT molecular complexity index is 1320. The molecule has 4 amide bonds. The second kappa shape index (κ2) is 8.42. The second-order valence-electron chi connectivity index (χ2n) is 7.11. The van der Waals surface area contributed by atoms with E-state index >= 15 is 0 Å². The number of amides is 4. The van der Waals surface area contributed by atoms with Gasteiger partial charge in [0.15, 0.2) is 0 Å². The van der Waals surface area contributed by atoms with E-state index in [4.69, 9.17) is 9.15 Å². The monoisotopic (exact) mass is 447 g/mol. The van der Waals surface area contributed by atoms with Gasteiger partial charge in [0.25, 0.3) is 17.5 Å². The summed E-state index contributed by atoms with van der Waals surface area (Å²) in [7, 11) is 1.49. The maximum Gasteiger partial charge on any atom is 0.335 e. The van der Waals surface area contributed by atoms with E-state index in [-0.39, 0.29) is 22.7 Å². The summed E-state index contributed by atoms with van der Waals surface area (Å²) >= 11 is 0. The van der Waals surface area contributed by atoms with Gasteiger partial charge in [-0.15, -0.1) is 0 Å². The number of hydrogen-bond donors (Lipinski definition) is 1. The largest absolute Gasteiger partial charge is 0.497 e. The van der Waals surface area contributed by atoms with Crippen molar-refractivity contribution in [3.63, 3.8) is 0 Å². The second-order valence-corrected chi connectivity index (χ2v) is 7.11. The summed E-state index contributed by atoms with van der Waals surface area (Å²) in [5.74, 6) is -0.652. The highest BCUT2D eigenvalue weighted by Gasteiger charge is 2.37. The number of imide groups is 2. The smallest absolute Gasteiger partial charge is 0.335 e. The Labute approximate surface area is 187 Å². The van der Waals surface area contributed by atoms with Crippen LogP contribution in [-0.2, 0) is 9.59 Å². The van der Waals surface area contributed by atoms with Gasteiger partial charge in [-0.2, -0.15) is 0 Å². The summed E-state index contributed by atoms with van der Waals surface area (Å²) in [5.41, 5.74) is 1.11. The molecule has 1 aliphatic rings. The zero-order valence-electron chi connectivity index (χ0n) is 17.5. The first-order valence-corrected chi connectivity index (χ1v) is 9.69. The standard InChI is InChI=1S/C23H17N3O7/c1-13-3-4-15(26(30)31)11-18(13)20-10-9-17(33-20)12-19-21(27)24-23(29)25(22(19)28)14-5-7-16(32-2)8-6-14/h3-12H,1-2H3,(H,24,27,29)/b19-12-. The van der Waals surface area contributed by atoms with Gasteiger partial charge in [-0.25, -0.2) is 9.69 Å². The van der Waals surface area contributed by atoms with Crippen LogP contribution in [0.15, 0.2) is 64.6 Å². The summed E-state index contributed by atoms with van der Waals surface area (Å²) < 4.78 is 10.8. The lowest BCUT2D eigenvalue weighted by atomic mass is 10.1. The molecule has 0 atom stereocenters. The van der Waals surface area contributed by atoms with Crippen LogP contribution in [0.5, 0.6) is 5.75 Å². The van der Waals surface area contributed by atoms with Crippen molar-refractivity contribution in [2.24, 2.45) is 0 Å². The number of carbonyl (C=O) groups excluding carboxylic acids is 3. The molecule has 2 aromatic carbocycles. The number of anilines is 1. The van der Waals surface area contributed by atoms with Gasteiger partial charge in [0.2, 0.25) is 0 Å². The topological polar surface area (TPSA) is 132 Å². The average Bonchev–Trinajstić information content (AvgIpc) is 3.25. The van der Waals surface area contributed by atoms with Crippen LogP contribution in [0, 0.1) is 17.0 Å². The van der Waals surface area contributed by atoms with Crippen LogP contribution in [0.25, 0.3) is 17.4 Å². The van der Waals surface area contributed by atoms with Crippen LogP contribution < -0.4 is 15.0 Å². The highest BCUT2D eigenvalue weighted by atomic mass is 16.6. The van der Waals surface area contributed by atoms with Crippen molar-refractivity contribution in [1.82, 2.24) is 5.32 Å². The number of nitro groups is 1. The normalized spacial score (nSPS) is 15.0. The summed E-state index contributed by atoms with van der Waals surface area (Å²) in [6.45, 7) is 1.77. The highest BCUT2D eigenvalue weighted by molar-refractivity contribution is 6.39. The summed E-state index contributed by atoms with van der Waals surface area (Å²) in [4.78, 5) is 49.1. The number of aryl methyl sites for hydroxylation is 1. The van der Waals surface area contributed by atoms with Gasteiger partial charge in [-0.05, 0) is 55.0 Å². The lowest BCUT2D eigenvalue weighted by Gasteiger charge is -2.26. The minimum Gasteiger partial charge on any atom is -0.497 e. The molecule has 4 rings (SSSR count). The molecule has 0 aliphatic carbocycles. The van der Waals surface area contributed by atoms with E-state index in [0.29, 0.717) is 17.1 Å². The number of nitrogens with zero attached hydrogens (tertiary/aromatic N) is 2. The fourth-order valence-electron chi connectivity index (χ4n) is 3.33. The molecule has 0 radical (unpaired) electrons. The lowest BCUT2D eigenvalue weighted by molar-refractivity contribution is -0.384. The maximum atomic E-state index is 13.0. The lowest BCUT2D eigenvalue weighted by Crippen LogP contribution is -2.54. The molecule has 1 N–H and O–H groups in total. The summed E-state index contributed by atoms with van der Waals surface area (Å²) in [6, 6.07) is 12.8. The predicted octanol–water partition coefficient (Wildman–Crippen LogP) is 3.84. The molecule has 0 saturated carbocycles. The van der Waals surface area contributed by atoms with Crippen molar-refractivity contribution in [2.75, 3.05) is 12.0 Å². The van der Waals surface area contributed by atoms with Gasteiger partial charge in [-0.1, -0.05) is 6.07 Å². The molecular formula is C23H17N3O7. The van der Waals surface area contributed by atoms with Gasteiger partial charge in [0.05, 0.1) is 17.7 Å². The zero-order valence-corrected chi connectivity index (χ0v) is 17.5. The number of ether oxygens (including phenoxy) is 1. The van der Waals surface area contributed by atoms with Crippen LogP contribution in [0.3, 0.4) is 0 Å². The Morgan fingerprint density at radius 2 is 1.79 bits per heavy atom. The molecule has 33 heavy (non-hydrogen) atoms. The van der Waals surface area contributed by atoms with E-state index in [0.717, 1.165) is 10.5 Å². The summed E-state index contributed by atoms with van der Waals surface area (Å²) in [6.07, 6.45) is 1.22. The van der Waals surface area contributed by atoms with Crippen LogP contribution in [-0.4, -0.2) is 29.9 Å². The molecule has 0 spiro atoms. The number of nitro benzene ring substituents is 1. The van der Waals surface area contributed by atoms with E-state index < -0.39 is 22.8 Å². The van der Waals surface area contributed by atoms with Crippen LogP contribution >= 0.6 is 0 Å². The molecule has 1 aromatic heterocycles. The minimum absolute atomic E-state index is 0.0950. The van der Waals surface area contributed by atoms with Gasteiger partial charge >= 0.3 is 6.03 Å². The number of benzene rings is 2. The van der Waals surface area contributed by atoms with Crippen molar-refractivity contribution in [3.8, 4) is 17.1 Å². The Kier molecular flexibility index (Phi) is 5.49. The Morgan fingerprint density at radius 3 is 2.45 bits per heavy atom. The summed E-state index contributed by atoms with van der Waals surface area (Å²) in [5, 5.41) is 13.2. The quantitative estimate of drug-likeness (QED) is 0.272. The SMILES string of the molecule is COc1ccc(N2C(=O)NC(=O)/C(=C/c3ccc(-c4cc([N+](=O)[O-])ccc4C)o3)C2=O)cc1. The first-order chi connectivity index (χ1) is 15.8. The van der Waals surface area contributed by atoms with E-state index in [1.807, 2.05) is 0 Å². The van der Waals surface area contributed by atoms with Crippen LogP contribution in [0.2, 0.25) is 0 Å². The van der Waals surface area contributed by atoms with Crippen molar-refractivity contribution >= 4 is 35.3 Å². The molecule has 1 saturated heterocycles. The maximum absolute atomic E-state index is 13.0. The van der Waals surface area contributed by atoms with Crippen molar-refractivity contribution in [1.29, 1.82) is 0 Å². The number of furan rings is 1. The Morgan fingerprint density at radius 1 is 1.06 bits per heavy atom. The number of carbonyl (C=O) groups is 3. The van der Waals surface area contributed by atoms with Crippen LogP contribution in [0.4, 0.5) is 16.2 Å². The molecule has 1 fully saturated rings. The van der Waals surface area contributed by atoms with Crippen molar-refractivity contribution in [3.05, 3.63) is 81.6 Å². The zero-order chi connectivity index (χ0) is 23.7. The first-order valence-electron chi connectivity index (χ1n) is 9.69. The Hall–Kier alpha value is -4.73. The fraction of sp³-hybridized carbons (Fsp3) is 0.0870. The number of barbiturate groups is 1. The van der Waals surface area contributed by atoms with E-state index in [2.05, 4.69) is 5.32 Å². The highest BCUT2D eigenvalue weighted by Crippen LogP contribution is 2.30. The molecule has 10 heteroatoms. The number of rotatable bonds is 5. The molecule has 0 bridgehead atoms. The van der Waals surface area contributed by atoms with Gasteiger partial charge < -0.3 is 9.15 Å². The molecule has 3 aromatic rings. The number of methoxy groups -OCH3 is 1. The fourth-order valence-corrected chi connectivity index (χ4v) is 3.33. The molecule has 2 heterocycles. The van der Waals surface area contributed by atoms with E-state index in [1.165, 1.54) is 43.5 Å². The van der Waals surface area contributed by atoms with E-state index in [1.54, 1.807) is 31.2 Å². The predicted molar refractivity (Wildman–Crippen MR) is 118 cm³/mol. The van der Waals surface area contributed by atoms with Gasteiger partial charge in [-0.3, -0.25) is 25.0 Å². The molecule has 1 aliphatic heterocycles. The molecule has 10 nitrogen and oxygen atoms in total. The Balaban J connectivity index is 1.67. The third-order valence-electron chi connectivity index (χ3n) is 5.04. The number of hydrogen-bond acceptors (Lipinski definition) is 7. The van der Waals surface area contributed by atoms with Crippen molar-refractivity contribution < 1.29 is 28.5 Å². The number of nitrogens with one attached hydrogen (secondary N) is 1. The molecular weight excluding hydrogens is 430 g/mol. The first kappa shape index (κ1) is 21.5. The molecule has 166 valence electrons. The van der Waals surface area contributed by atoms with Gasteiger partial charge in [0, 0.05) is 17.7 Å². The van der Waals surface area contributed by atoms with Crippen molar-refractivity contribution in [2.45, 2.75) is 6.92 Å². The average molecular weight is 447 g/mol. The van der Waals surface area contributed by atoms with Gasteiger partial charge in [0.1, 0.15) is 22.8 Å². The van der Waals surface area contributed by atoms with E-state index in [9.17, 15) is 24.5 Å². The minimum atomic E-state index is -0.875.